The van der Waals surface area contributed by atoms with Crippen molar-refractivity contribution in [1.82, 2.24) is 0 Å². The van der Waals surface area contributed by atoms with Gasteiger partial charge in [0.1, 0.15) is 0 Å². The van der Waals surface area contributed by atoms with Crippen molar-refractivity contribution in [3.8, 4) is 0 Å². The Morgan fingerprint density at radius 1 is 1.25 bits per heavy atom. The molecule has 0 bridgehead atoms. The molecule has 1 aliphatic carbocycles. The van der Waals surface area contributed by atoms with E-state index in [1.54, 1.807) is 0 Å². The average Bonchev–Trinajstić information content (AvgIpc) is 2.96. The third kappa shape index (κ3) is 3.12. The van der Waals surface area contributed by atoms with Gasteiger partial charge in [0.05, 0.1) is 0 Å². The SMILES string of the molecule is C=C/C=C(/C=C)CC1(c2cccc(CC)c2)CCCC1. The fourth-order valence-electron chi connectivity index (χ4n) is 3.48. The summed E-state index contributed by atoms with van der Waals surface area (Å²) in [6.07, 6.45) is 13.5. The average molecular weight is 266 g/mol. The van der Waals surface area contributed by atoms with Gasteiger partial charge in [-0.25, -0.2) is 0 Å². The van der Waals surface area contributed by atoms with E-state index in [0.29, 0.717) is 5.41 Å². The van der Waals surface area contributed by atoms with Gasteiger partial charge in [-0.15, -0.1) is 0 Å². The maximum Gasteiger partial charge on any atom is -0.000655 e. The zero-order valence-corrected chi connectivity index (χ0v) is 12.7. The Bertz CT molecular complexity index is 499. The Kier molecular flexibility index (Phi) is 5.00. The predicted molar refractivity (Wildman–Crippen MR) is 89.1 cm³/mol. The molecule has 0 amide bonds. The van der Waals surface area contributed by atoms with Gasteiger partial charge in [0.25, 0.3) is 0 Å². The minimum Gasteiger partial charge on any atom is -0.0991 e. The molecule has 0 spiro atoms. The molecule has 0 atom stereocenters. The summed E-state index contributed by atoms with van der Waals surface area (Å²) in [5.41, 5.74) is 4.59. The highest BCUT2D eigenvalue weighted by Crippen LogP contribution is 2.45. The first-order valence-electron chi connectivity index (χ1n) is 7.77. The van der Waals surface area contributed by atoms with Gasteiger partial charge in [-0.2, -0.15) is 0 Å². The molecule has 1 fully saturated rings. The molecule has 0 nitrogen and oxygen atoms in total. The Hall–Kier alpha value is -1.56. The summed E-state index contributed by atoms with van der Waals surface area (Å²) in [5, 5.41) is 0. The summed E-state index contributed by atoms with van der Waals surface area (Å²) in [5.74, 6) is 0. The van der Waals surface area contributed by atoms with Gasteiger partial charge in [0.2, 0.25) is 0 Å². The maximum atomic E-state index is 3.96. The predicted octanol–water partition coefficient (Wildman–Crippen LogP) is 5.75. The first kappa shape index (κ1) is 14.8. The lowest BCUT2D eigenvalue weighted by atomic mass is 9.73. The van der Waals surface area contributed by atoms with E-state index in [-0.39, 0.29) is 0 Å². The molecule has 2 rings (SSSR count). The van der Waals surface area contributed by atoms with Crippen molar-refractivity contribution in [2.24, 2.45) is 0 Å². The minimum absolute atomic E-state index is 0.314. The molecule has 0 heterocycles. The maximum absolute atomic E-state index is 3.96. The smallest absolute Gasteiger partial charge is 0.000655 e. The zero-order chi connectivity index (χ0) is 14.4. The zero-order valence-electron chi connectivity index (χ0n) is 12.7. The van der Waals surface area contributed by atoms with E-state index in [2.05, 4.69) is 50.4 Å². The standard InChI is InChI=1S/C20H26/c1-4-10-18(6-3)16-20(13-7-8-14-20)19-12-9-11-17(5-2)15-19/h4,6,9-12,15H,1,3,5,7-8,13-14,16H2,2H3/b18-10-. The van der Waals surface area contributed by atoms with E-state index in [9.17, 15) is 0 Å². The molecular weight excluding hydrogens is 240 g/mol. The van der Waals surface area contributed by atoms with Gasteiger partial charge < -0.3 is 0 Å². The van der Waals surface area contributed by atoms with E-state index in [4.69, 9.17) is 0 Å². The molecule has 0 unspecified atom stereocenters. The van der Waals surface area contributed by atoms with Crippen LogP contribution in [0.2, 0.25) is 0 Å². The Morgan fingerprint density at radius 2 is 2.00 bits per heavy atom. The van der Waals surface area contributed by atoms with Crippen LogP contribution in [0, 0.1) is 0 Å². The monoisotopic (exact) mass is 266 g/mol. The highest BCUT2D eigenvalue weighted by molar-refractivity contribution is 5.35. The van der Waals surface area contributed by atoms with Crippen LogP contribution in [0.25, 0.3) is 0 Å². The lowest BCUT2D eigenvalue weighted by molar-refractivity contribution is 0.439. The van der Waals surface area contributed by atoms with Crippen LogP contribution in [0.5, 0.6) is 0 Å². The molecule has 1 saturated carbocycles. The van der Waals surface area contributed by atoms with Crippen molar-refractivity contribution >= 4 is 0 Å². The van der Waals surface area contributed by atoms with Crippen LogP contribution >= 0.6 is 0 Å². The highest BCUT2D eigenvalue weighted by atomic mass is 14.4. The van der Waals surface area contributed by atoms with Crippen molar-refractivity contribution in [2.45, 2.75) is 50.9 Å². The fraction of sp³-hybridized carbons (Fsp3) is 0.400. The molecule has 0 N–H and O–H groups in total. The van der Waals surface area contributed by atoms with Gasteiger partial charge >= 0.3 is 0 Å². The summed E-state index contributed by atoms with van der Waals surface area (Å²) < 4.78 is 0. The molecule has 106 valence electrons. The first-order valence-corrected chi connectivity index (χ1v) is 7.77. The number of rotatable bonds is 6. The van der Waals surface area contributed by atoms with Gasteiger partial charge in [0, 0.05) is 0 Å². The summed E-state index contributed by atoms with van der Waals surface area (Å²) >= 11 is 0. The lowest BCUT2D eigenvalue weighted by Gasteiger charge is -2.31. The summed E-state index contributed by atoms with van der Waals surface area (Å²) in [6.45, 7) is 10.0. The van der Waals surface area contributed by atoms with E-state index < -0.39 is 0 Å². The van der Waals surface area contributed by atoms with Crippen LogP contribution in [0.3, 0.4) is 0 Å². The molecule has 1 aromatic carbocycles. The van der Waals surface area contributed by atoms with E-state index in [0.717, 1.165) is 12.8 Å². The third-order valence-corrected chi connectivity index (χ3v) is 4.64. The third-order valence-electron chi connectivity index (χ3n) is 4.64. The van der Waals surface area contributed by atoms with Crippen molar-refractivity contribution in [3.63, 3.8) is 0 Å². The van der Waals surface area contributed by atoms with Crippen molar-refractivity contribution < 1.29 is 0 Å². The van der Waals surface area contributed by atoms with Crippen LogP contribution in [-0.4, -0.2) is 0 Å². The Morgan fingerprint density at radius 3 is 2.60 bits per heavy atom. The molecule has 0 radical (unpaired) electrons. The minimum atomic E-state index is 0.314. The molecule has 0 heteroatoms. The largest absolute Gasteiger partial charge is 0.0991 e. The Labute approximate surface area is 123 Å². The quantitative estimate of drug-likeness (QED) is 0.575. The number of benzene rings is 1. The molecule has 20 heavy (non-hydrogen) atoms. The molecule has 0 saturated heterocycles. The second-order valence-electron chi connectivity index (χ2n) is 5.90. The van der Waals surface area contributed by atoms with Crippen LogP contribution < -0.4 is 0 Å². The second-order valence-corrected chi connectivity index (χ2v) is 5.90. The van der Waals surface area contributed by atoms with Crippen LogP contribution in [-0.2, 0) is 11.8 Å². The topological polar surface area (TPSA) is 0 Å². The number of hydrogen-bond acceptors (Lipinski definition) is 0. The number of allylic oxidation sites excluding steroid dienone is 4. The molecular formula is C20H26. The van der Waals surface area contributed by atoms with E-state index in [1.807, 2.05) is 12.2 Å². The van der Waals surface area contributed by atoms with E-state index >= 15 is 0 Å². The summed E-state index contributed by atoms with van der Waals surface area (Å²) in [4.78, 5) is 0. The second kappa shape index (κ2) is 6.74. The van der Waals surface area contributed by atoms with Crippen molar-refractivity contribution in [1.29, 1.82) is 0 Å². The van der Waals surface area contributed by atoms with Gasteiger partial charge in [0.15, 0.2) is 0 Å². The molecule has 0 aromatic heterocycles. The van der Waals surface area contributed by atoms with Crippen LogP contribution in [0.15, 0.2) is 61.2 Å². The number of hydrogen-bond donors (Lipinski definition) is 0. The molecule has 0 aliphatic heterocycles. The van der Waals surface area contributed by atoms with Gasteiger partial charge in [-0.05, 0) is 47.8 Å². The van der Waals surface area contributed by atoms with Gasteiger partial charge in [-0.3, -0.25) is 0 Å². The number of aryl methyl sites for hydroxylation is 1. The summed E-state index contributed by atoms with van der Waals surface area (Å²) in [7, 11) is 0. The fourth-order valence-corrected chi connectivity index (χ4v) is 3.48. The first-order chi connectivity index (χ1) is 9.74. The van der Waals surface area contributed by atoms with Crippen LogP contribution in [0.1, 0.15) is 50.2 Å². The van der Waals surface area contributed by atoms with Crippen molar-refractivity contribution in [3.05, 3.63) is 72.4 Å². The van der Waals surface area contributed by atoms with E-state index in [1.165, 1.54) is 42.4 Å². The van der Waals surface area contributed by atoms with Crippen LogP contribution in [0.4, 0.5) is 0 Å². The summed E-state index contributed by atoms with van der Waals surface area (Å²) in [6, 6.07) is 9.19. The normalized spacial score (nSPS) is 17.9. The highest BCUT2D eigenvalue weighted by Gasteiger charge is 2.35. The van der Waals surface area contributed by atoms with Gasteiger partial charge in [-0.1, -0.05) is 75.4 Å². The van der Waals surface area contributed by atoms with Crippen molar-refractivity contribution in [2.75, 3.05) is 0 Å². The lowest BCUT2D eigenvalue weighted by Crippen LogP contribution is -2.22. The Balaban J connectivity index is 2.36. The molecule has 1 aliphatic rings. The molecule has 1 aromatic rings.